The van der Waals surface area contributed by atoms with Crippen LogP contribution in [0.4, 0.5) is 0 Å². The molecule has 22 heavy (non-hydrogen) atoms. The number of rotatable bonds is 1. The highest BCUT2D eigenvalue weighted by Crippen LogP contribution is 2.27. The van der Waals surface area contributed by atoms with E-state index in [0.717, 1.165) is 26.6 Å². The maximum atomic E-state index is 4.65. The third kappa shape index (κ3) is 1.64. The van der Waals surface area contributed by atoms with Crippen LogP contribution in [0.25, 0.3) is 37.9 Å². The topological polar surface area (TPSA) is 56.0 Å². The zero-order valence-electron chi connectivity index (χ0n) is 11.3. The van der Waals surface area contributed by atoms with E-state index in [1.54, 1.807) is 15.9 Å². The molecule has 3 heterocycles. The molecule has 5 nitrogen and oxygen atoms in total. The van der Waals surface area contributed by atoms with Crippen LogP contribution in [0.3, 0.4) is 0 Å². The van der Waals surface area contributed by atoms with Gasteiger partial charge in [-0.1, -0.05) is 53.8 Å². The number of imidazole rings is 1. The van der Waals surface area contributed by atoms with Gasteiger partial charge in [-0.05, 0) is 12.1 Å². The van der Waals surface area contributed by atoms with Gasteiger partial charge in [-0.3, -0.25) is 0 Å². The fourth-order valence-electron chi connectivity index (χ4n) is 2.48. The molecule has 0 aliphatic carbocycles. The Kier molecular flexibility index (Phi) is 2.31. The Bertz CT molecular complexity index is 1130. The lowest BCUT2D eigenvalue weighted by Crippen LogP contribution is -1.91. The molecule has 0 spiro atoms. The molecule has 3 aromatic heterocycles. The van der Waals surface area contributed by atoms with Crippen molar-refractivity contribution in [1.29, 1.82) is 0 Å². The lowest BCUT2D eigenvalue weighted by Gasteiger charge is -1.96. The Hall–Kier alpha value is -2.86. The average Bonchev–Trinajstić information content (AvgIpc) is 3.11. The molecule has 0 fully saturated rings. The van der Waals surface area contributed by atoms with Gasteiger partial charge >= 0.3 is 0 Å². The fourth-order valence-corrected chi connectivity index (χ4v) is 3.37. The zero-order valence-corrected chi connectivity index (χ0v) is 12.2. The molecule has 5 aromatic rings. The normalized spacial score (nSPS) is 11.6. The van der Waals surface area contributed by atoms with E-state index < -0.39 is 0 Å². The summed E-state index contributed by atoms with van der Waals surface area (Å²) in [7, 11) is 0. The number of benzene rings is 2. The maximum absolute atomic E-state index is 4.65. The van der Waals surface area contributed by atoms with Crippen LogP contribution in [0.2, 0.25) is 0 Å². The molecule has 2 aromatic carbocycles. The Balaban J connectivity index is 1.81. The van der Waals surface area contributed by atoms with Crippen LogP contribution in [0.1, 0.15) is 0 Å². The summed E-state index contributed by atoms with van der Waals surface area (Å²) in [5.41, 5.74) is 4.12. The van der Waals surface area contributed by atoms with Crippen molar-refractivity contribution < 1.29 is 0 Å². The molecular formula is C16H9N5S. The van der Waals surface area contributed by atoms with Gasteiger partial charge in [0.05, 0.1) is 11.0 Å². The molecular weight excluding hydrogens is 294 g/mol. The summed E-state index contributed by atoms with van der Waals surface area (Å²) in [4.78, 5) is 14.6. The number of hydrogen-bond acceptors (Lipinski definition) is 5. The second-order valence-electron chi connectivity index (χ2n) is 4.94. The zero-order chi connectivity index (χ0) is 14.5. The van der Waals surface area contributed by atoms with Crippen molar-refractivity contribution in [2.24, 2.45) is 0 Å². The van der Waals surface area contributed by atoms with Gasteiger partial charge in [-0.2, -0.15) is 14.6 Å². The van der Waals surface area contributed by atoms with Crippen molar-refractivity contribution in [1.82, 2.24) is 24.6 Å². The van der Waals surface area contributed by atoms with Crippen LogP contribution in [0.15, 0.2) is 54.6 Å². The Morgan fingerprint density at radius 2 is 1.50 bits per heavy atom. The third-order valence-electron chi connectivity index (χ3n) is 3.52. The predicted octanol–water partition coefficient (Wildman–Crippen LogP) is 3.55. The molecule has 5 rings (SSSR count). The molecule has 0 saturated carbocycles. The molecule has 0 unspecified atom stereocenters. The van der Waals surface area contributed by atoms with Gasteiger partial charge in [-0.25, -0.2) is 9.97 Å². The molecule has 104 valence electrons. The summed E-state index contributed by atoms with van der Waals surface area (Å²) in [5, 5.41) is 5.58. The second-order valence-corrected chi connectivity index (χ2v) is 5.89. The standard InChI is InChI=1S/C16H9N5S/c1-2-6-10(7-3-1)15-20-21-14-13(19-16(21)22-15)17-11-8-4-5-9-12(11)18-14/h1-9H. The van der Waals surface area contributed by atoms with Crippen LogP contribution in [-0.2, 0) is 0 Å². The van der Waals surface area contributed by atoms with Gasteiger partial charge in [0.2, 0.25) is 16.3 Å². The van der Waals surface area contributed by atoms with Crippen molar-refractivity contribution in [2.45, 2.75) is 0 Å². The maximum Gasteiger partial charge on any atom is 0.216 e. The van der Waals surface area contributed by atoms with E-state index in [9.17, 15) is 0 Å². The summed E-state index contributed by atoms with van der Waals surface area (Å²) in [6.07, 6.45) is 0. The monoisotopic (exact) mass is 303 g/mol. The van der Waals surface area contributed by atoms with Crippen molar-refractivity contribution in [3.8, 4) is 10.6 Å². The molecule has 0 bridgehead atoms. The first kappa shape index (κ1) is 11.8. The van der Waals surface area contributed by atoms with Gasteiger partial charge < -0.3 is 0 Å². The smallest absolute Gasteiger partial charge is 0.216 e. The van der Waals surface area contributed by atoms with Gasteiger partial charge in [0.1, 0.15) is 5.01 Å². The molecule has 0 radical (unpaired) electrons. The molecule has 0 N–H and O–H groups in total. The highest BCUT2D eigenvalue weighted by Gasteiger charge is 2.14. The fraction of sp³-hybridized carbons (Fsp3) is 0. The van der Waals surface area contributed by atoms with E-state index in [2.05, 4.69) is 20.1 Å². The SMILES string of the molecule is c1ccc(-c2nn3c(nc4nc5ccccc5nc43)s2)cc1. The van der Waals surface area contributed by atoms with E-state index in [1.807, 2.05) is 54.6 Å². The van der Waals surface area contributed by atoms with Crippen molar-refractivity contribution in [3.05, 3.63) is 54.6 Å². The van der Waals surface area contributed by atoms with Crippen molar-refractivity contribution in [2.75, 3.05) is 0 Å². The summed E-state index contributed by atoms with van der Waals surface area (Å²) in [6.45, 7) is 0. The minimum absolute atomic E-state index is 0.636. The lowest BCUT2D eigenvalue weighted by atomic mass is 10.2. The summed E-state index contributed by atoms with van der Waals surface area (Å²) >= 11 is 1.54. The predicted molar refractivity (Wildman–Crippen MR) is 86.9 cm³/mol. The Morgan fingerprint density at radius 3 is 2.32 bits per heavy atom. The van der Waals surface area contributed by atoms with Gasteiger partial charge in [-0.15, -0.1) is 0 Å². The second kappa shape index (κ2) is 4.32. The first-order valence-corrected chi connectivity index (χ1v) is 7.68. The van der Waals surface area contributed by atoms with E-state index in [1.165, 1.54) is 0 Å². The van der Waals surface area contributed by atoms with E-state index in [4.69, 9.17) is 0 Å². The average molecular weight is 303 g/mol. The number of fused-ring (bicyclic) bond motifs is 4. The van der Waals surface area contributed by atoms with Crippen LogP contribution in [0.5, 0.6) is 0 Å². The molecule has 0 atom stereocenters. The van der Waals surface area contributed by atoms with Crippen LogP contribution >= 0.6 is 11.3 Å². The highest BCUT2D eigenvalue weighted by molar-refractivity contribution is 7.19. The minimum Gasteiger partial charge on any atom is -0.223 e. The van der Waals surface area contributed by atoms with Gasteiger partial charge in [0.25, 0.3) is 0 Å². The Labute approximate surface area is 128 Å². The first-order valence-electron chi connectivity index (χ1n) is 6.86. The summed E-state index contributed by atoms with van der Waals surface area (Å²) in [6, 6.07) is 17.9. The van der Waals surface area contributed by atoms with Crippen molar-refractivity contribution in [3.63, 3.8) is 0 Å². The van der Waals surface area contributed by atoms with E-state index in [-0.39, 0.29) is 0 Å². The largest absolute Gasteiger partial charge is 0.223 e. The number of hydrogen-bond donors (Lipinski definition) is 0. The van der Waals surface area contributed by atoms with Gasteiger partial charge in [0, 0.05) is 5.56 Å². The quantitative estimate of drug-likeness (QED) is 0.475. The summed E-state index contributed by atoms with van der Waals surface area (Å²) < 4.78 is 1.78. The summed E-state index contributed by atoms with van der Waals surface area (Å²) in [5.74, 6) is 0. The van der Waals surface area contributed by atoms with E-state index in [0.29, 0.717) is 11.3 Å². The number of para-hydroxylation sites is 2. The third-order valence-corrected chi connectivity index (χ3v) is 4.47. The van der Waals surface area contributed by atoms with Crippen LogP contribution in [0, 0.1) is 0 Å². The minimum atomic E-state index is 0.636. The van der Waals surface area contributed by atoms with Gasteiger partial charge in [0.15, 0.2) is 0 Å². The van der Waals surface area contributed by atoms with Crippen LogP contribution < -0.4 is 0 Å². The lowest BCUT2D eigenvalue weighted by molar-refractivity contribution is 0.996. The first-order chi connectivity index (χ1) is 10.9. The number of nitrogens with zero attached hydrogens (tertiary/aromatic N) is 5. The number of aromatic nitrogens is 5. The van der Waals surface area contributed by atoms with E-state index >= 15 is 0 Å². The molecule has 0 amide bonds. The molecule has 6 heteroatoms. The van der Waals surface area contributed by atoms with Crippen LogP contribution in [-0.4, -0.2) is 24.6 Å². The van der Waals surface area contributed by atoms with Crippen molar-refractivity contribution >= 4 is 38.6 Å². The molecule has 0 aliphatic rings. The highest BCUT2D eigenvalue weighted by atomic mass is 32.1. The molecule has 0 saturated heterocycles. The Morgan fingerprint density at radius 1 is 0.773 bits per heavy atom. The molecule has 0 aliphatic heterocycles.